The Morgan fingerprint density at radius 1 is 1.34 bits per heavy atom. The first-order valence-electron chi connectivity index (χ1n) is 10.3. The molecule has 1 heterocycles. The molecule has 2 aromatic rings. The molecule has 2 rings (SSSR count). The van der Waals surface area contributed by atoms with E-state index in [0.29, 0.717) is 18.9 Å². The van der Waals surface area contributed by atoms with E-state index in [1.165, 1.54) is 12.3 Å². The van der Waals surface area contributed by atoms with Crippen LogP contribution >= 0.6 is 12.1 Å². The summed E-state index contributed by atoms with van der Waals surface area (Å²) in [5, 5.41) is 16.1. The molecule has 0 saturated heterocycles. The molecule has 1 amide bonds. The lowest BCUT2D eigenvalue weighted by Crippen LogP contribution is -2.35. The number of nitrogens with two attached hydrogens (primary N) is 3. The van der Waals surface area contributed by atoms with Gasteiger partial charge in [-0.25, -0.2) is 0 Å². The van der Waals surface area contributed by atoms with Crippen LogP contribution in [0.1, 0.15) is 44.6 Å². The van der Waals surface area contributed by atoms with Gasteiger partial charge in [0.2, 0.25) is 0 Å². The number of carbonyl (C=O) groups excluding carboxylic acids is 1. The average molecular weight is 463 g/mol. The van der Waals surface area contributed by atoms with Crippen molar-refractivity contribution in [2.24, 2.45) is 16.6 Å². The number of rotatable bonds is 11. The Kier molecular flexibility index (Phi) is 12.7. The first-order chi connectivity index (χ1) is 15.4. The molecule has 0 fully saturated rings. The van der Waals surface area contributed by atoms with Crippen molar-refractivity contribution in [1.29, 1.82) is 5.41 Å². The van der Waals surface area contributed by atoms with Crippen molar-refractivity contribution in [2.75, 3.05) is 13.2 Å². The molecule has 1 aromatic carbocycles. The summed E-state index contributed by atoms with van der Waals surface area (Å²) in [6, 6.07) is 5.30. The first kappa shape index (κ1) is 27.1. The van der Waals surface area contributed by atoms with Crippen molar-refractivity contribution in [2.45, 2.75) is 39.7 Å². The summed E-state index contributed by atoms with van der Waals surface area (Å²) in [5.41, 5.74) is 11.2. The van der Waals surface area contributed by atoms with Crippen LogP contribution < -0.4 is 31.4 Å². The maximum Gasteiger partial charge on any atom is 0.252 e. The molecule has 10 heteroatoms. The summed E-state index contributed by atoms with van der Waals surface area (Å²) < 4.78 is 14.3. The number of carbonyl (C=O) groups is 1. The molecule has 32 heavy (non-hydrogen) atoms. The monoisotopic (exact) mass is 462 g/mol. The van der Waals surface area contributed by atoms with Crippen molar-refractivity contribution in [3.63, 3.8) is 0 Å². The molecule has 0 spiro atoms. The minimum Gasteiger partial charge on any atom is -0.490 e. The Hall–Kier alpha value is -2.95. The number of fused-ring (bicyclic) bond motifs is 1. The second-order valence-corrected chi connectivity index (χ2v) is 7.08. The number of nitrogens with one attached hydrogen (secondary N) is 3. The van der Waals surface area contributed by atoms with Crippen LogP contribution in [0.5, 0.6) is 5.75 Å². The van der Waals surface area contributed by atoms with Gasteiger partial charge < -0.3 is 20.6 Å². The Labute approximate surface area is 193 Å². The number of allylic oxidation sites excluding steroid dienone is 1. The lowest BCUT2D eigenvalue weighted by atomic mass is 10.0. The van der Waals surface area contributed by atoms with Gasteiger partial charge in [0.1, 0.15) is 17.6 Å². The molecular weight excluding hydrogens is 428 g/mol. The standard InChI is InChI=1S/C19H27N3O3S.C3H7N3/c1-4-7-9-21-17(19(23)22-26-20)13-10-14-11-15(8-5-2)25-18(14)16(12-13)24-6-3;4-2-1-3(5)6/h4,7,10-12,17,21H,5-6,8-9,20H2,1-3H3,(H,22,23);1-2H,4H2,(H3,5,6)/b7-4-;2-1+. The van der Waals surface area contributed by atoms with Crippen LogP contribution in [0.3, 0.4) is 0 Å². The molecule has 176 valence electrons. The molecule has 9 nitrogen and oxygen atoms in total. The lowest BCUT2D eigenvalue weighted by Gasteiger charge is -2.18. The summed E-state index contributed by atoms with van der Waals surface area (Å²) in [5.74, 6) is 1.34. The highest BCUT2D eigenvalue weighted by molar-refractivity contribution is 7.95. The van der Waals surface area contributed by atoms with Gasteiger partial charge in [-0.3, -0.25) is 25.4 Å². The summed E-state index contributed by atoms with van der Waals surface area (Å²) in [6.45, 7) is 7.06. The number of hydrogen-bond donors (Lipinski definition) is 6. The second kappa shape index (κ2) is 15.0. The minimum atomic E-state index is -0.546. The number of ether oxygens (including phenoxy) is 1. The van der Waals surface area contributed by atoms with Gasteiger partial charge in [0.15, 0.2) is 11.3 Å². The zero-order chi connectivity index (χ0) is 23.9. The molecule has 0 aliphatic rings. The van der Waals surface area contributed by atoms with E-state index in [2.05, 4.69) is 17.0 Å². The number of amidine groups is 1. The highest BCUT2D eigenvalue weighted by Crippen LogP contribution is 2.33. The van der Waals surface area contributed by atoms with Crippen LogP contribution in [-0.4, -0.2) is 24.9 Å². The van der Waals surface area contributed by atoms with E-state index in [0.717, 1.165) is 47.3 Å². The normalized spacial score (nSPS) is 12.0. The minimum absolute atomic E-state index is 0.0162. The Balaban J connectivity index is 0.000000751. The van der Waals surface area contributed by atoms with Crippen LogP contribution in [0.2, 0.25) is 0 Å². The molecule has 0 aliphatic heterocycles. The molecule has 1 atom stereocenters. The van der Waals surface area contributed by atoms with Crippen LogP contribution in [0, 0.1) is 5.41 Å². The highest BCUT2D eigenvalue weighted by Gasteiger charge is 2.22. The van der Waals surface area contributed by atoms with Gasteiger partial charge in [-0.05, 0) is 56.3 Å². The van der Waals surface area contributed by atoms with Gasteiger partial charge in [0.05, 0.1) is 6.61 Å². The Morgan fingerprint density at radius 3 is 2.62 bits per heavy atom. The van der Waals surface area contributed by atoms with Crippen LogP contribution in [0.25, 0.3) is 11.0 Å². The predicted octanol–water partition coefficient (Wildman–Crippen LogP) is 3.02. The van der Waals surface area contributed by atoms with E-state index in [-0.39, 0.29) is 11.7 Å². The van der Waals surface area contributed by atoms with E-state index >= 15 is 0 Å². The van der Waals surface area contributed by atoms with Gasteiger partial charge in [-0.15, -0.1) is 0 Å². The summed E-state index contributed by atoms with van der Waals surface area (Å²) in [4.78, 5) is 12.5. The third-order valence-electron chi connectivity index (χ3n) is 4.16. The number of furan rings is 1. The third kappa shape index (κ3) is 8.66. The molecule has 1 aromatic heterocycles. The number of amides is 1. The Bertz CT molecular complexity index is 926. The van der Waals surface area contributed by atoms with Crippen molar-refractivity contribution in [3.8, 4) is 5.75 Å². The largest absolute Gasteiger partial charge is 0.490 e. The molecule has 1 unspecified atom stereocenters. The molecule has 0 aliphatic carbocycles. The first-order valence-corrected chi connectivity index (χ1v) is 11.2. The summed E-state index contributed by atoms with van der Waals surface area (Å²) in [7, 11) is 0. The number of aryl methyl sites for hydroxylation is 1. The van der Waals surface area contributed by atoms with E-state index in [1.807, 2.05) is 44.2 Å². The topological polar surface area (TPSA) is 165 Å². The van der Waals surface area contributed by atoms with Crippen molar-refractivity contribution >= 4 is 34.8 Å². The summed E-state index contributed by atoms with van der Waals surface area (Å²) in [6.07, 6.45) is 8.28. The van der Waals surface area contributed by atoms with Gasteiger partial charge in [-0.2, -0.15) is 0 Å². The fourth-order valence-electron chi connectivity index (χ4n) is 2.88. The SMILES string of the molecule is C/C=C\CNC(C(=O)NSN)c1cc(OCC)c2oc(CCC)cc2c1.N=C(N)/C=C/N. The quantitative estimate of drug-likeness (QED) is 0.128. The lowest BCUT2D eigenvalue weighted by molar-refractivity contribution is -0.121. The smallest absolute Gasteiger partial charge is 0.252 e. The molecule has 0 saturated carbocycles. The Morgan fingerprint density at radius 2 is 2.09 bits per heavy atom. The van der Waals surface area contributed by atoms with E-state index in [1.54, 1.807) is 0 Å². The third-order valence-corrected chi connectivity index (χ3v) is 4.48. The maximum absolute atomic E-state index is 12.5. The second-order valence-electron chi connectivity index (χ2n) is 6.64. The number of benzene rings is 1. The summed E-state index contributed by atoms with van der Waals surface area (Å²) >= 11 is 0.793. The van der Waals surface area contributed by atoms with Gasteiger partial charge in [0, 0.05) is 30.5 Å². The van der Waals surface area contributed by atoms with Crippen molar-refractivity contribution in [1.82, 2.24) is 10.0 Å². The van der Waals surface area contributed by atoms with Gasteiger partial charge in [0.25, 0.3) is 5.91 Å². The number of hydrogen-bond acceptors (Lipinski definition) is 8. The van der Waals surface area contributed by atoms with Crippen molar-refractivity contribution in [3.05, 3.63) is 54.0 Å². The predicted molar refractivity (Wildman–Crippen MR) is 132 cm³/mol. The zero-order valence-electron chi connectivity index (χ0n) is 18.8. The van der Waals surface area contributed by atoms with Gasteiger partial charge in [-0.1, -0.05) is 19.1 Å². The molecule has 0 bridgehead atoms. The van der Waals surface area contributed by atoms with E-state index in [9.17, 15) is 4.79 Å². The molecular formula is C22H34N6O3S. The van der Waals surface area contributed by atoms with Crippen molar-refractivity contribution < 1.29 is 13.9 Å². The van der Waals surface area contributed by atoms with Crippen LogP contribution in [0.15, 0.2) is 47.0 Å². The fraction of sp³-hybridized carbons (Fsp3) is 0.364. The van der Waals surface area contributed by atoms with E-state index in [4.69, 9.17) is 31.2 Å². The molecule has 0 radical (unpaired) electrons. The van der Waals surface area contributed by atoms with Gasteiger partial charge >= 0.3 is 0 Å². The highest BCUT2D eigenvalue weighted by atomic mass is 32.2. The van der Waals surface area contributed by atoms with Crippen LogP contribution in [0.4, 0.5) is 0 Å². The fourth-order valence-corrected chi connectivity index (χ4v) is 3.12. The maximum atomic E-state index is 12.5. The molecule has 9 N–H and O–H groups in total. The average Bonchev–Trinajstić information content (AvgIpc) is 3.15. The zero-order valence-corrected chi connectivity index (χ0v) is 19.6. The van der Waals surface area contributed by atoms with E-state index < -0.39 is 6.04 Å². The van der Waals surface area contributed by atoms with Crippen LogP contribution in [-0.2, 0) is 11.2 Å².